The lowest BCUT2D eigenvalue weighted by Gasteiger charge is -2.17. The molecule has 0 aliphatic heterocycles. The molecule has 130 valence electrons. The molecule has 0 saturated carbocycles. The Bertz CT molecular complexity index is 849. The maximum Gasteiger partial charge on any atom is 0.275 e. The van der Waals surface area contributed by atoms with Crippen LogP contribution in [0.25, 0.3) is 0 Å². The van der Waals surface area contributed by atoms with Crippen molar-refractivity contribution in [1.82, 2.24) is 10.3 Å². The first-order chi connectivity index (χ1) is 11.2. The largest absolute Gasteiger partial charge is 0.481 e. The Hall–Kier alpha value is -1.42. The van der Waals surface area contributed by atoms with Gasteiger partial charge in [-0.3, -0.25) is 10.2 Å². The minimum absolute atomic E-state index is 0.0952. The number of hydrogen-bond acceptors (Lipinski definition) is 5. The number of amides is 1. The Labute approximate surface area is 153 Å². The van der Waals surface area contributed by atoms with Crippen LogP contribution in [0.3, 0.4) is 0 Å². The third kappa shape index (κ3) is 4.56. The molecule has 0 bridgehead atoms. The van der Waals surface area contributed by atoms with Gasteiger partial charge < -0.3 is 4.74 Å². The third-order valence-corrected chi connectivity index (χ3v) is 6.71. The predicted octanol–water partition coefficient (Wildman–Crippen LogP) is 2.90. The summed E-state index contributed by atoms with van der Waals surface area (Å²) in [5.41, 5.74) is 4.15. The van der Waals surface area contributed by atoms with Crippen LogP contribution in [0.1, 0.15) is 18.1 Å². The van der Waals surface area contributed by atoms with E-state index in [1.807, 2.05) is 26.0 Å². The molecule has 2 N–H and O–H groups in total. The summed E-state index contributed by atoms with van der Waals surface area (Å²) in [5.74, 6) is -0.00204. The standard InChI is InChI=1S/C15H17BrN2O4S2/c1-9-5-4-6-12(10(9)2)22-11(3)15(19)17-18-24(20,21)14-8-7-13(16)23-14/h4-8,11,18H,1-3H3,(H,17,19)/t11-/m1/s1. The van der Waals surface area contributed by atoms with E-state index in [9.17, 15) is 13.2 Å². The molecule has 1 heterocycles. The number of carbonyl (C=O) groups excluding carboxylic acids is 1. The van der Waals surface area contributed by atoms with Gasteiger partial charge in [0.05, 0.1) is 3.79 Å². The summed E-state index contributed by atoms with van der Waals surface area (Å²) in [7, 11) is -3.80. The summed E-state index contributed by atoms with van der Waals surface area (Å²) in [6, 6.07) is 8.60. The highest BCUT2D eigenvalue weighted by molar-refractivity contribution is 9.11. The van der Waals surface area contributed by atoms with Crippen LogP contribution in [0.5, 0.6) is 5.75 Å². The predicted molar refractivity (Wildman–Crippen MR) is 96.5 cm³/mol. The third-order valence-electron chi connectivity index (χ3n) is 3.35. The lowest BCUT2D eigenvalue weighted by atomic mass is 10.1. The van der Waals surface area contributed by atoms with Crippen LogP contribution >= 0.6 is 27.3 Å². The highest BCUT2D eigenvalue weighted by Crippen LogP contribution is 2.25. The van der Waals surface area contributed by atoms with E-state index < -0.39 is 22.0 Å². The molecule has 2 rings (SSSR count). The molecule has 0 aliphatic carbocycles. The molecule has 2 aromatic rings. The summed E-state index contributed by atoms with van der Waals surface area (Å²) in [5, 5.41) is 0. The van der Waals surface area contributed by atoms with Crippen molar-refractivity contribution in [2.75, 3.05) is 0 Å². The summed E-state index contributed by atoms with van der Waals surface area (Å²) < 4.78 is 30.5. The summed E-state index contributed by atoms with van der Waals surface area (Å²) >= 11 is 4.24. The van der Waals surface area contributed by atoms with Crippen molar-refractivity contribution in [2.45, 2.75) is 31.1 Å². The van der Waals surface area contributed by atoms with Crippen molar-refractivity contribution in [2.24, 2.45) is 0 Å². The zero-order chi connectivity index (χ0) is 17.9. The summed E-state index contributed by atoms with van der Waals surface area (Å²) in [6.45, 7) is 5.39. The van der Waals surface area contributed by atoms with Crippen LogP contribution in [0, 0.1) is 13.8 Å². The molecule has 0 unspecified atom stereocenters. The van der Waals surface area contributed by atoms with Crippen LogP contribution in [-0.2, 0) is 14.8 Å². The molecule has 0 spiro atoms. The zero-order valence-electron chi connectivity index (χ0n) is 13.3. The monoisotopic (exact) mass is 432 g/mol. The number of sulfonamides is 1. The number of ether oxygens (including phenoxy) is 1. The van der Waals surface area contributed by atoms with Crippen molar-refractivity contribution < 1.29 is 17.9 Å². The van der Waals surface area contributed by atoms with Gasteiger partial charge in [0.25, 0.3) is 15.9 Å². The van der Waals surface area contributed by atoms with Gasteiger partial charge in [-0.2, -0.15) is 0 Å². The maximum atomic E-state index is 12.1. The van der Waals surface area contributed by atoms with Crippen LogP contribution in [0.2, 0.25) is 0 Å². The molecule has 1 amide bonds. The fraction of sp³-hybridized carbons (Fsp3) is 0.267. The van der Waals surface area contributed by atoms with Gasteiger partial charge in [-0.05, 0) is 66.0 Å². The highest BCUT2D eigenvalue weighted by atomic mass is 79.9. The van der Waals surface area contributed by atoms with E-state index in [1.165, 1.54) is 6.07 Å². The normalized spacial score (nSPS) is 12.7. The second kappa shape index (κ2) is 7.64. The van der Waals surface area contributed by atoms with Crippen LogP contribution in [0.4, 0.5) is 0 Å². The molecule has 0 fully saturated rings. The van der Waals surface area contributed by atoms with Crippen molar-refractivity contribution >= 4 is 43.2 Å². The Morgan fingerprint density at radius 1 is 1.25 bits per heavy atom. The van der Waals surface area contributed by atoms with Crippen LogP contribution < -0.4 is 15.0 Å². The fourth-order valence-electron chi connectivity index (χ4n) is 1.81. The molecule has 6 nitrogen and oxygen atoms in total. The molecule has 9 heteroatoms. The Morgan fingerprint density at radius 2 is 1.96 bits per heavy atom. The van der Waals surface area contributed by atoms with E-state index in [4.69, 9.17) is 4.74 Å². The molecule has 0 radical (unpaired) electrons. The van der Waals surface area contributed by atoms with Gasteiger partial charge in [0.1, 0.15) is 9.96 Å². The van der Waals surface area contributed by atoms with E-state index in [2.05, 4.69) is 26.2 Å². The molecule has 1 aromatic carbocycles. The van der Waals surface area contributed by atoms with Crippen LogP contribution in [-0.4, -0.2) is 20.4 Å². The second-order valence-electron chi connectivity index (χ2n) is 5.11. The van der Waals surface area contributed by atoms with E-state index >= 15 is 0 Å². The maximum absolute atomic E-state index is 12.1. The number of rotatable bonds is 6. The zero-order valence-corrected chi connectivity index (χ0v) is 16.5. The lowest BCUT2D eigenvalue weighted by Crippen LogP contribution is -2.46. The van der Waals surface area contributed by atoms with Crippen molar-refractivity contribution in [1.29, 1.82) is 0 Å². The van der Waals surface area contributed by atoms with Gasteiger partial charge >= 0.3 is 0 Å². The highest BCUT2D eigenvalue weighted by Gasteiger charge is 2.21. The van der Waals surface area contributed by atoms with Gasteiger partial charge in [0.15, 0.2) is 6.10 Å². The minimum atomic E-state index is -3.80. The number of aryl methyl sites for hydroxylation is 1. The number of nitrogens with one attached hydrogen (secondary N) is 2. The van der Waals surface area contributed by atoms with Gasteiger partial charge in [0.2, 0.25) is 0 Å². The number of hydrogen-bond donors (Lipinski definition) is 2. The molecule has 1 atom stereocenters. The van der Waals surface area contributed by atoms with E-state index in [0.717, 1.165) is 22.5 Å². The molecule has 1 aromatic heterocycles. The Balaban J connectivity index is 1.98. The molecule has 0 aliphatic rings. The van der Waals surface area contributed by atoms with Gasteiger partial charge in [0, 0.05) is 0 Å². The Morgan fingerprint density at radius 3 is 2.58 bits per heavy atom. The average Bonchev–Trinajstić information content (AvgIpc) is 2.97. The first-order valence-corrected chi connectivity index (χ1v) is 10.1. The molecule has 0 saturated heterocycles. The molecular formula is C15H17BrN2O4S2. The summed E-state index contributed by atoms with van der Waals surface area (Å²) in [6.07, 6.45) is -0.858. The van der Waals surface area contributed by atoms with Crippen LogP contribution in [0.15, 0.2) is 38.3 Å². The number of halogens is 1. The van der Waals surface area contributed by atoms with Crippen molar-refractivity contribution in [3.05, 3.63) is 45.2 Å². The summed E-state index contributed by atoms with van der Waals surface area (Å²) in [4.78, 5) is 14.1. The Kier molecular flexibility index (Phi) is 6.02. The number of thiophene rings is 1. The smallest absolute Gasteiger partial charge is 0.275 e. The van der Waals surface area contributed by atoms with E-state index in [1.54, 1.807) is 19.1 Å². The molecular weight excluding hydrogens is 416 g/mol. The topological polar surface area (TPSA) is 84.5 Å². The van der Waals surface area contributed by atoms with Gasteiger partial charge in [-0.1, -0.05) is 12.1 Å². The van der Waals surface area contributed by atoms with Gasteiger partial charge in [-0.25, -0.2) is 8.42 Å². The fourth-order valence-corrected chi connectivity index (χ4v) is 4.66. The quantitative estimate of drug-likeness (QED) is 0.687. The van der Waals surface area contributed by atoms with Gasteiger partial charge in [-0.15, -0.1) is 16.2 Å². The number of carbonyl (C=O) groups is 1. The van der Waals surface area contributed by atoms with E-state index in [-0.39, 0.29) is 4.21 Å². The van der Waals surface area contributed by atoms with Crippen molar-refractivity contribution in [3.63, 3.8) is 0 Å². The van der Waals surface area contributed by atoms with E-state index in [0.29, 0.717) is 9.54 Å². The lowest BCUT2D eigenvalue weighted by molar-refractivity contribution is -0.127. The number of hydrazine groups is 1. The second-order valence-corrected chi connectivity index (χ2v) is 9.48. The molecule has 24 heavy (non-hydrogen) atoms. The minimum Gasteiger partial charge on any atom is -0.481 e. The van der Waals surface area contributed by atoms with Crippen molar-refractivity contribution in [3.8, 4) is 5.75 Å². The first kappa shape index (κ1) is 18.9. The first-order valence-electron chi connectivity index (χ1n) is 7.00. The average molecular weight is 433 g/mol. The number of benzene rings is 1. The SMILES string of the molecule is Cc1cccc(O[C@H](C)C(=O)NNS(=O)(=O)c2ccc(Br)s2)c1C.